The summed E-state index contributed by atoms with van der Waals surface area (Å²) in [5.41, 5.74) is -1.26. The molecule has 44 heavy (non-hydrogen) atoms. The number of hydrogen-bond donors (Lipinski definition) is 5. The maximum Gasteiger partial charge on any atom is 0.296 e. The second-order valence-electron chi connectivity index (χ2n) is 8.56. The summed E-state index contributed by atoms with van der Waals surface area (Å²) >= 11 is 0. The van der Waals surface area contributed by atoms with Crippen LogP contribution >= 0.6 is 0 Å². The van der Waals surface area contributed by atoms with Crippen molar-refractivity contribution in [2.75, 3.05) is 5.32 Å². The van der Waals surface area contributed by atoms with E-state index in [0.29, 0.717) is 11.6 Å². The number of hydrogen-bond acceptors (Lipinski definition) is 10. The van der Waals surface area contributed by atoms with E-state index >= 15 is 0 Å². The zero-order chi connectivity index (χ0) is 30.3. The molecule has 217 valence electrons. The summed E-state index contributed by atoms with van der Waals surface area (Å²) in [6, 6.07) is 13.4. The van der Waals surface area contributed by atoms with Gasteiger partial charge in [0.25, 0.3) is 36.3 Å². The molecule has 0 fully saturated rings. The summed E-state index contributed by atoms with van der Waals surface area (Å²) in [4.78, 5) is 10.3. The fourth-order valence-electron chi connectivity index (χ4n) is 3.80. The fourth-order valence-corrected chi connectivity index (χ4v) is 5.71. The quantitative estimate of drug-likeness (QED) is 0.107. The summed E-state index contributed by atoms with van der Waals surface area (Å²) in [6.45, 7) is 1.52. The van der Waals surface area contributed by atoms with E-state index in [9.17, 15) is 48.8 Å². The molecule has 0 aliphatic rings. The van der Waals surface area contributed by atoms with Crippen LogP contribution in [0.15, 0.2) is 91.6 Å². The molecule has 0 spiro atoms. The number of phenols is 1. The van der Waals surface area contributed by atoms with Crippen molar-refractivity contribution >= 4 is 153 Å². The molecule has 0 saturated heterocycles. The van der Waals surface area contributed by atoms with Gasteiger partial charge in [-0.15, -0.1) is 10.2 Å². The summed E-state index contributed by atoms with van der Waals surface area (Å²) in [6.07, 6.45) is 0. The molecule has 14 nitrogen and oxygen atoms in total. The Morgan fingerprint density at radius 1 is 0.727 bits per heavy atom. The Kier molecular flexibility index (Phi) is 14.4. The van der Waals surface area contributed by atoms with Crippen LogP contribution in [0.25, 0.3) is 10.8 Å². The molecule has 4 rings (SSSR count). The smallest absolute Gasteiger partial charge is 0.296 e. The molecule has 3 radical (unpaired) electrons. The Balaban J connectivity index is 0.00000323. The predicted molar refractivity (Wildman–Crippen MR) is 162 cm³/mol. The van der Waals surface area contributed by atoms with Gasteiger partial charge in [-0.2, -0.15) is 25.3 Å². The zero-order valence-corrected chi connectivity index (χ0v) is 32.1. The van der Waals surface area contributed by atoms with Crippen LogP contribution in [0.5, 0.6) is 5.75 Å². The number of amides is 1. The number of aromatic hydroxyl groups is 1. The molecule has 0 bridgehead atoms. The van der Waals surface area contributed by atoms with Gasteiger partial charge in [-0.25, -0.2) is 0 Å². The second-order valence-corrected chi connectivity index (χ2v) is 12.8. The van der Waals surface area contributed by atoms with Gasteiger partial charge >= 0.3 is 0 Å². The molecule has 4 aromatic rings. The van der Waals surface area contributed by atoms with Crippen molar-refractivity contribution in [2.24, 2.45) is 10.2 Å². The first-order valence-corrected chi connectivity index (χ1v) is 15.4. The van der Waals surface area contributed by atoms with Crippen LogP contribution in [0.1, 0.15) is 15.9 Å². The van der Waals surface area contributed by atoms with E-state index in [-0.39, 0.29) is 105 Å². The predicted octanol–water partition coefficient (Wildman–Crippen LogP) is 3.12. The van der Waals surface area contributed by atoms with Gasteiger partial charge in [0.15, 0.2) is 5.75 Å². The van der Waals surface area contributed by atoms with Crippen LogP contribution in [0, 0.1) is 6.92 Å². The number of carbonyl (C=O) groups is 1. The van der Waals surface area contributed by atoms with Crippen molar-refractivity contribution < 1.29 is 48.8 Å². The van der Waals surface area contributed by atoms with Gasteiger partial charge < -0.3 is 10.4 Å². The molecular weight excluding hydrogens is 671 g/mol. The number of fused-ring (bicyclic) bond motifs is 1. The van der Waals surface area contributed by atoms with Gasteiger partial charge in [-0.1, -0.05) is 24.3 Å². The van der Waals surface area contributed by atoms with Crippen LogP contribution < -0.4 is 5.32 Å². The molecule has 0 aromatic heterocycles. The molecule has 4 aromatic carbocycles. The van der Waals surface area contributed by atoms with E-state index in [4.69, 9.17) is 0 Å². The molecular formula is C24H19N3Na3O11S3. The van der Waals surface area contributed by atoms with E-state index < -0.39 is 73.8 Å². The molecule has 20 heteroatoms. The van der Waals surface area contributed by atoms with Crippen LogP contribution in [-0.2, 0) is 30.4 Å². The number of benzene rings is 4. The Morgan fingerprint density at radius 2 is 1.32 bits per heavy atom. The summed E-state index contributed by atoms with van der Waals surface area (Å²) in [7, 11) is -15.0. The van der Waals surface area contributed by atoms with E-state index in [1.54, 1.807) is 18.2 Å². The van der Waals surface area contributed by atoms with Gasteiger partial charge in [0.05, 0.1) is 10.6 Å². The van der Waals surface area contributed by atoms with Crippen LogP contribution in [0.3, 0.4) is 0 Å². The van der Waals surface area contributed by atoms with E-state index in [1.165, 1.54) is 25.1 Å². The monoisotopic (exact) mass is 690 g/mol. The standard InChI is InChI=1S/C24H19N3O11S3.3Na/c1-13-7-8-17(19(9-13)40(33,34)35)26-27-22-20(41(36,37)38)11-15-10-16(39(30,31)32)12-18(21(15)23(22)28)25-24(29)14-5-3-2-4-6-14;;;/h2-12,28H,1H3,(H,25,29)(H,30,31,32)(H,33,34,35)(H,36,37,38);;;. The zero-order valence-electron chi connectivity index (χ0n) is 23.6. The number of aryl methyl sites for hydroxylation is 1. The van der Waals surface area contributed by atoms with Gasteiger partial charge in [-0.3, -0.25) is 18.5 Å². The van der Waals surface area contributed by atoms with E-state index in [0.717, 1.165) is 24.3 Å². The first kappa shape index (κ1) is 40.8. The number of carbonyl (C=O) groups excluding carboxylic acids is 1. The topological polar surface area (TPSA) is 237 Å². The SMILES string of the molecule is Cc1ccc(N=Nc2c(S(=O)(=O)O)cc3cc(S(=O)(=O)O)cc(NC(=O)c4ccccc4)c3c2O)c(S(=O)(=O)O)c1.[Na].[Na].[Na]. The normalized spacial score (nSPS) is 11.7. The van der Waals surface area contributed by atoms with Crippen molar-refractivity contribution in [1.82, 2.24) is 0 Å². The Hall–Kier alpha value is -1.26. The maximum atomic E-state index is 12.8. The second kappa shape index (κ2) is 15.6. The van der Waals surface area contributed by atoms with Crippen LogP contribution in [0.4, 0.5) is 17.1 Å². The third kappa shape index (κ3) is 9.40. The maximum absolute atomic E-state index is 12.8. The first-order chi connectivity index (χ1) is 19.0. The number of nitrogens with zero attached hydrogens (tertiary/aromatic N) is 2. The molecule has 0 unspecified atom stereocenters. The van der Waals surface area contributed by atoms with Crippen LogP contribution in [0.2, 0.25) is 0 Å². The Labute approximate surface area is 318 Å². The Bertz CT molecular complexity index is 2090. The number of anilines is 1. The van der Waals surface area contributed by atoms with Crippen LogP contribution in [-0.4, -0.2) is 139 Å². The number of nitrogens with one attached hydrogen (secondary N) is 1. The van der Waals surface area contributed by atoms with Gasteiger partial charge in [0.1, 0.15) is 21.2 Å². The van der Waals surface area contributed by atoms with Crippen molar-refractivity contribution in [3.63, 3.8) is 0 Å². The third-order valence-corrected chi connectivity index (χ3v) is 8.22. The van der Waals surface area contributed by atoms with Crippen molar-refractivity contribution in [3.05, 3.63) is 77.9 Å². The Morgan fingerprint density at radius 3 is 1.86 bits per heavy atom. The fraction of sp³-hybridized carbons (Fsp3) is 0.0417. The summed E-state index contributed by atoms with van der Waals surface area (Å²) in [5.74, 6) is -1.80. The average molecular weight is 691 g/mol. The van der Waals surface area contributed by atoms with E-state index in [1.807, 2.05) is 0 Å². The van der Waals surface area contributed by atoms with Crippen molar-refractivity contribution in [2.45, 2.75) is 21.6 Å². The van der Waals surface area contributed by atoms with E-state index in [2.05, 4.69) is 15.5 Å². The average Bonchev–Trinajstić information content (AvgIpc) is 2.87. The number of phenolic OH excluding ortho intramolecular Hbond substituents is 1. The van der Waals surface area contributed by atoms with Gasteiger partial charge in [-0.05, 0) is 60.3 Å². The molecule has 0 heterocycles. The number of azo groups is 1. The van der Waals surface area contributed by atoms with Gasteiger partial charge in [0.2, 0.25) is 0 Å². The molecule has 0 aliphatic carbocycles. The van der Waals surface area contributed by atoms with Crippen molar-refractivity contribution in [3.8, 4) is 5.75 Å². The summed E-state index contributed by atoms with van der Waals surface area (Å²) < 4.78 is 101. The number of rotatable bonds is 7. The molecule has 5 N–H and O–H groups in total. The first-order valence-electron chi connectivity index (χ1n) is 11.1. The summed E-state index contributed by atoms with van der Waals surface area (Å²) in [5, 5.41) is 20.0. The minimum absolute atomic E-state index is 0. The molecule has 0 aliphatic heterocycles. The van der Waals surface area contributed by atoms with Gasteiger partial charge in [0, 0.05) is 99.6 Å². The molecule has 1 amide bonds. The van der Waals surface area contributed by atoms with Crippen molar-refractivity contribution in [1.29, 1.82) is 0 Å². The largest absolute Gasteiger partial charge is 0.505 e. The minimum Gasteiger partial charge on any atom is -0.505 e. The molecule has 0 saturated carbocycles. The molecule has 0 atom stereocenters. The third-order valence-electron chi connectivity index (χ3n) is 5.63. The minimum atomic E-state index is -5.20.